The van der Waals surface area contributed by atoms with E-state index in [0.717, 1.165) is 22.2 Å². The predicted octanol–water partition coefficient (Wildman–Crippen LogP) is 3.83. The van der Waals surface area contributed by atoms with Crippen molar-refractivity contribution < 1.29 is 19.2 Å². The van der Waals surface area contributed by atoms with Crippen LogP contribution in [0.15, 0.2) is 54.6 Å². The van der Waals surface area contributed by atoms with Gasteiger partial charge in [0.2, 0.25) is 0 Å². The molecule has 2 aromatic carbocycles. The van der Waals surface area contributed by atoms with Gasteiger partial charge in [-0.25, -0.2) is 4.79 Å². The maximum absolute atomic E-state index is 12.8. The highest BCUT2D eigenvalue weighted by Crippen LogP contribution is 2.38. The van der Waals surface area contributed by atoms with Crippen LogP contribution in [0.2, 0.25) is 0 Å². The fourth-order valence-electron chi connectivity index (χ4n) is 3.47. The standard InChI is InChI=1S/C20H18N2O4/c1-13-7-6-8-14-11-16-17(22(25-2)20(24)21(16)19(13)14)12-18(23)26-15-9-4-3-5-10-15/h3-11,17H,12H2,1-2H3. The zero-order valence-corrected chi connectivity index (χ0v) is 14.5. The number of carbonyl (C=O) groups excluding carboxylic acids is 2. The number of benzene rings is 2. The van der Waals surface area contributed by atoms with E-state index in [9.17, 15) is 9.59 Å². The summed E-state index contributed by atoms with van der Waals surface area (Å²) in [6, 6.07) is 15.8. The summed E-state index contributed by atoms with van der Waals surface area (Å²) in [5, 5.41) is 2.19. The summed E-state index contributed by atoms with van der Waals surface area (Å²) in [7, 11) is 1.43. The Kier molecular flexibility index (Phi) is 3.97. The second-order valence-corrected chi connectivity index (χ2v) is 6.22. The monoisotopic (exact) mass is 350 g/mol. The smallest absolute Gasteiger partial charge is 0.353 e. The van der Waals surface area contributed by atoms with Gasteiger partial charge in [-0.2, -0.15) is 5.06 Å². The highest BCUT2D eigenvalue weighted by atomic mass is 16.7. The average molecular weight is 350 g/mol. The molecule has 2 heterocycles. The molecule has 1 aliphatic heterocycles. The number of aryl methyl sites for hydroxylation is 1. The van der Waals surface area contributed by atoms with Gasteiger partial charge in [0.25, 0.3) is 0 Å². The minimum atomic E-state index is -0.532. The summed E-state index contributed by atoms with van der Waals surface area (Å²) in [6.07, 6.45) is 0.00381. The summed E-state index contributed by atoms with van der Waals surface area (Å²) in [5.41, 5.74) is 2.56. The van der Waals surface area contributed by atoms with Crippen LogP contribution in [0.5, 0.6) is 5.75 Å². The summed E-state index contributed by atoms with van der Waals surface area (Å²) in [5.74, 6) is 0.0497. The van der Waals surface area contributed by atoms with E-state index in [1.54, 1.807) is 28.8 Å². The summed E-state index contributed by atoms with van der Waals surface area (Å²) < 4.78 is 7.00. The Bertz CT molecular complexity index is 994. The molecule has 0 radical (unpaired) electrons. The molecule has 6 heteroatoms. The number of carbonyl (C=O) groups is 2. The van der Waals surface area contributed by atoms with E-state index in [-0.39, 0.29) is 12.5 Å². The van der Waals surface area contributed by atoms with E-state index < -0.39 is 12.0 Å². The molecule has 1 amide bonds. The van der Waals surface area contributed by atoms with Gasteiger partial charge in [0.1, 0.15) is 11.8 Å². The third kappa shape index (κ3) is 2.55. The molecular formula is C20H18N2O4. The highest BCUT2D eigenvalue weighted by Gasteiger charge is 2.40. The van der Waals surface area contributed by atoms with Crippen molar-refractivity contribution >= 4 is 22.9 Å². The van der Waals surface area contributed by atoms with Crippen LogP contribution in [0, 0.1) is 6.92 Å². The normalized spacial score (nSPS) is 16.2. The third-order valence-electron chi connectivity index (χ3n) is 4.59. The van der Waals surface area contributed by atoms with Gasteiger partial charge in [0.05, 0.1) is 24.7 Å². The van der Waals surface area contributed by atoms with Crippen LogP contribution in [-0.4, -0.2) is 28.7 Å². The lowest BCUT2D eigenvalue weighted by molar-refractivity contribution is -0.143. The van der Waals surface area contributed by atoms with Crippen molar-refractivity contribution in [1.29, 1.82) is 0 Å². The van der Waals surface area contributed by atoms with Crippen LogP contribution in [0.4, 0.5) is 4.79 Å². The maximum atomic E-state index is 12.8. The van der Waals surface area contributed by atoms with Gasteiger partial charge < -0.3 is 4.74 Å². The van der Waals surface area contributed by atoms with Crippen LogP contribution in [0.25, 0.3) is 10.9 Å². The molecule has 1 aliphatic rings. The van der Waals surface area contributed by atoms with Crippen molar-refractivity contribution in [2.45, 2.75) is 19.4 Å². The molecule has 6 nitrogen and oxygen atoms in total. The summed E-state index contributed by atoms with van der Waals surface area (Å²) in [6.45, 7) is 1.96. The van der Waals surface area contributed by atoms with E-state index in [2.05, 4.69) is 0 Å². The number of aromatic nitrogens is 1. The first-order valence-corrected chi connectivity index (χ1v) is 8.34. The third-order valence-corrected chi connectivity index (χ3v) is 4.59. The number of hydrogen-bond acceptors (Lipinski definition) is 4. The molecule has 0 saturated heterocycles. The molecule has 1 aromatic heterocycles. The lowest BCUT2D eigenvalue weighted by Gasteiger charge is -2.20. The SMILES string of the molecule is CON1C(=O)n2c(cc3cccc(C)c32)C1CC(=O)Oc1ccccc1. The Balaban J connectivity index is 1.68. The minimum absolute atomic E-state index is 0.00381. The predicted molar refractivity (Wildman–Crippen MR) is 95.8 cm³/mol. The Hall–Kier alpha value is -3.12. The van der Waals surface area contributed by atoms with Crippen molar-refractivity contribution in [2.75, 3.05) is 7.11 Å². The molecule has 3 aromatic rings. The quantitative estimate of drug-likeness (QED) is 0.530. The van der Waals surface area contributed by atoms with Gasteiger partial charge in [0.15, 0.2) is 0 Å². The molecule has 1 atom stereocenters. The van der Waals surface area contributed by atoms with Crippen LogP contribution in [0.3, 0.4) is 0 Å². The van der Waals surface area contributed by atoms with Crippen molar-refractivity contribution in [3.8, 4) is 5.75 Å². The molecule has 0 N–H and O–H groups in total. The zero-order chi connectivity index (χ0) is 18.3. The second kappa shape index (κ2) is 6.31. The van der Waals surface area contributed by atoms with Gasteiger partial charge in [-0.1, -0.05) is 36.4 Å². The van der Waals surface area contributed by atoms with Crippen molar-refractivity contribution in [3.63, 3.8) is 0 Å². The Morgan fingerprint density at radius 2 is 1.88 bits per heavy atom. The zero-order valence-electron chi connectivity index (χ0n) is 14.5. The molecule has 0 fully saturated rings. The second-order valence-electron chi connectivity index (χ2n) is 6.22. The molecule has 132 valence electrons. The largest absolute Gasteiger partial charge is 0.426 e. The van der Waals surface area contributed by atoms with Crippen LogP contribution in [0.1, 0.15) is 23.7 Å². The lowest BCUT2D eigenvalue weighted by atomic mass is 10.1. The molecule has 26 heavy (non-hydrogen) atoms. The molecule has 4 rings (SSSR count). The van der Waals surface area contributed by atoms with E-state index in [1.165, 1.54) is 12.2 Å². The first kappa shape index (κ1) is 16.4. The topological polar surface area (TPSA) is 60.8 Å². The first-order valence-electron chi connectivity index (χ1n) is 8.34. The number of esters is 1. The molecule has 0 bridgehead atoms. The Morgan fingerprint density at radius 3 is 2.62 bits per heavy atom. The van der Waals surface area contributed by atoms with Gasteiger partial charge in [0, 0.05) is 5.39 Å². The van der Waals surface area contributed by atoms with Crippen LogP contribution >= 0.6 is 0 Å². The first-order chi connectivity index (χ1) is 12.6. The maximum Gasteiger partial charge on any atom is 0.353 e. The van der Waals surface area contributed by atoms with Gasteiger partial charge >= 0.3 is 12.0 Å². The molecule has 0 spiro atoms. The van der Waals surface area contributed by atoms with Gasteiger partial charge in [-0.3, -0.25) is 14.2 Å². The lowest BCUT2D eigenvalue weighted by Crippen LogP contribution is -2.30. The number of amides is 1. The fourth-order valence-corrected chi connectivity index (χ4v) is 3.47. The molecule has 1 unspecified atom stereocenters. The van der Waals surface area contributed by atoms with Crippen LogP contribution < -0.4 is 4.74 Å². The molecule has 0 aliphatic carbocycles. The Morgan fingerprint density at radius 1 is 1.12 bits per heavy atom. The minimum Gasteiger partial charge on any atom is -0.426 e. The number of fused-ring (bicyclic) bond motifs is 3. The molecular weight excluding hydrogens is 332 g/mol. The number of nitrogens with zero attached hydrogens (tertiary/aromatic N) is 2. The number of ether oxygens (including phenoxy) is 1. The van der Waals surface area contributed by atoms with Crippen molar-refractivity contribution in [1.82, 2.24) is 9.63 Å². The number of hydroxylamine groups is 2. The van der Waals surface area contributed by atoms with Crippen LogP contribution in [-0.2, 0) is 9.63 Å². The molecule has 0 saturated carbocycles. The van der Waals surface area contributed by atoms with Gasteiger partial charge in [-0.15, -0.1) is 0 Å². The summed E-state index contributed by atoms with van der Waals surface area (Å²) >= 11 is 0. The Labute approximate surface area is 150 Å². The number of hydrogen-bond donors (Lipinski definition) is 0. The van der Waals surface area contributed by atoms with E-state index in [0.29, 0.717) is 5.75 Å². The highest BCUT2D eigenvalue weighted by molar-refractivity contribution is 5.97. The van der Waals surface area contributed by atoms with Crippen molar-refractivity contribution in [2.24, 2.45) is 0 Å². The van der Waals surface area contributed by atoms with E-state index in [1.807, 2.05) is 37.3 Å². The van der Waals surface area contributed by atoms with Crippen molar-refractivity contribution in [3.05, 3.63) is 65.9 Å². The van der Waals surface area contributed by atoms with Gasteiger partial charge in [-0.05, 0) is 30.7 Å². The van der Waals surface area contributed by atoms with E-state index in [4.69, 9.17) is 9.57 Å². The average Bonchev–Trinajstić information content (AvgIpc) is 3.13. The summed E-state index contributed by atoms with van der Waals surface area (Å²) in [4.78, 5) is 30.5. The fraction of sp³-hybridized carbons (Fsp3) is 0.200. The number of para-hydroxylation sites is 2. The van der Waals surface area contributed by atoms with E-state index >= 15 is 0 Å². The number of rotatable bonds is 4.